The molecule has 11 aromatic carbocycles. The second-order valence-electron chi connectivity index (χ2n) is 20.6. The molecule has 0 fully saturated rings. The van der Waals surface area contributed by atoms with E-state index in [1.165, 1.54) is 21.5 Å². The number of hydrogen-bond acceptors (Lipinski definition) is 4. The molecule has 0 aliphatic carbocycles. The number of fused-ring (bicyclic) bond motifs is 9. The van der Waals surface area contributed by atoms with Crippen LogP contribution in [0, 0.1) is 35.8 Å². The smallest absolute Gasteiger partial charge is 0.185 e. The predicted octanol–water partition coefficient (Wildman–Crippen LogP) is 18.9. The molecule has 0 aliphatic rings. The van der Waals surface area contributed by atoms with Crippen molar-refractivity contribution in [3.05, 3.63) is 283 Å². The Morgan fingerprint density at radius 1 is 0.313 bits per heavy atom. The standard InChI is InChI=1S/C74H41N9/c1-77-65-39-53(64-43-63(50-23-19-46(44-75)20-24-50)79-74(80-64)52-25-21-47(45-76)22-26-52)40-66(78-2)73(65)51-29-27-48(28-30-51)49-31-33-54(34-32-49)81-71-37-35-55(82-67-15-7-3-11-57(67)58-12-4-8-16-68(58)82)41-61(71)62-42-56(36-38-72(62)81)83-69-17-9-5-13-59(69)60-14-6-10-18-70(60)83/h3-43H. The summed E-state index contributed by atoms with van der Waals surface area (Å²) in [6.07, 6.45) is 0. The van der Waals surface area contributed by atoms with Crippen molar-refractivity contribution in [2.24, 2.45) is 0 Å². The summed E-state index contributed by atoms with van der Waals surface area (Å²) >= 11 is 0. The Bertz CT molecular complexity index is 4950. The highest BCUT2D eigenvalue weighted by molar-refractivity contribution is 6.14. The lowest BCUT2D eigenvalue weighted by Crippen LogP contribution is -1.96. The largest absolute Gasteiger partial charge is 0.309 e. The van der Waals surface area contributed by atoms with Crippen LogP contribution >= 0.6 is 0 Å². The van der Waals surface area contributed by atoms with Gasteiger partial charge in [-0.1, -0.05) is 121 Å². The second-order valence-corrected chi connectivity index (χ2v) is 20.6. The van der Waals surface area contributed by atoms with Gasteiger partial charge in [-0.3, -0.25) is 0 Å². The number of nitrogens with zero attached hydrogens (tertiary/aromatic N) is 9. The third-order valence-corrected chi connectivity index (χ3v) is 16.0. The van der Waals surface area contributed by atoms with Crippen molar-refractivity contribution < 1.29 is 0 Å². The molecule has 9 nitrogen and oxygen atoms in total. The average molecular weight is 1060 g/mol. The molecule has 382 valence electrons. The van der Waals surface area contributed by atoms with Gasteiger partial charge in [0.2, 0.25) is 0 Å². The summed E-state index contributed by atoms with van der Waals surface area (Å²) in [6, 6.07) is 88.9. The maximum atomic E-state index is 9.47. The van der Waals surface area contributed by atoms with E-state index < -0.39 is 0 Å². The zero-order chi connectivity index (χ0) is 55.7. The van der Waals surface area contributed by atoms with Gasteiger partial charge in [-0.2, -0.15) is 10.5 Å². The molecule has 4 aromatic heterocycles. The summed E-state index contributed by atoms with van der Waals surface area (Å²) in [7, 11) is 0. The monoisotopic (exact) mass is 1060 g/mol. The maximum Gasteiger partial charge on any atom is 0.185 e. The van der Waals surface area contributed by atoms with Crippen molar-refractivity contribution in [2.45, 2.75) is 0 Å². The Morgan fingerprint density at radius 3 is 1.10 bits per heavy atom. The fraction of sp³-hybridized carbons (Fsp3) is 0. The van der Waals surface area contributed by atoms with Crippen LogP contribution < -0.4 is 0 Å². The molecule has 83 heavy (non-hydrogen) atoms. The lowest BCUT2D eigenvalue weighted by molar-refractivity contribution is 1.16. The quantitative estimate of drug-likeness (QED) is 0.142. The normalized spacial score (nSPS) is 11.3. The lowest BCUT2D eigenvalue weighted by atomic mass is 9.95. The van der Waals surface area contributed by atoms with Crippen molar-refractivity contribution in [3.63, 3.8) is 0 Å². The summed E-state index contributed by atoms with van der Waals surface area (Å²) in [6.45, 7) is 16.8. The molecule has 0 unspecified atom stereocenters. The molecule has 0 N–H and O–H groups in total. The van der Waals surface area contributed by atoms with E-state index in [1.54, 1.807) is 48.5 Å². The zero-order valence-corrected chi connectivity index (χ0v) is 44.2. The van der Waals surface area contributed by atoms with Crippen LogP contribution in [-0.2, 0) is 0 Å². The van der Waals surface area contributed by atoms with E-state index >= 15 is 0 Å². The van der Waals surface area contributed by atoms with Gasteiger partial charge in [0, 0.05) is 60.5 Å². The summed E-state index contributed by atoms with van der Waals surface area (Å²) in [5.74, 6) is 0.415. The van der Waals surface area contributed by atoms with Gasteiger partial charge in [0.05, 0.1) is 80.9 Å². The van der Waals surface area contributed by atoms with Gasteiger partial charge in [0.15, 0.2) is 17.2 Å². The third-order valence-electron chi connectivity index (χ3n) is 16.0. The van der Waals surface area contributed by atoms with E-state index in [-0.39, 0.29) is 0 Å². The van der Waals surface area contributed by atoms with Crippen molar-refractivity contribution >= 4 is 76.8 Å². The lowest BCUT2D eigenvalue weighted by Gasteiger charge is -2.14. The number of benzene rings is 11. The first kappa shape index (κ1) is 48.0. The molecule has 0 atom stereocenters. The molecule has 15 aromatic rings. The Kier molecular flexibility index (Phi) is 11.2. The Balaban J connectivity index is 0.806. The number of hydrogen-bond donors (Lipinski definition) is 0. The highest BCUT2D eigenvalue weighted by Crippen LogP contribution is 2.45. The van der Waals surface area contributed by atoms with Gasteiger partial charge in [0.25, 0.3) is 0 Å². The topological polar surface area (TPSA) is 96.9 Å². The van der Waals surface area contributed by atoms with Crippen molar-refractivity contribution in [3.8, 4) is 85.4 Å². The minimum absolute atomic E-state index is 0.319. The molecule has 4 heterocycles. The van der Waals surface area contributed by atoms with Gasteiger partial charge >= 0.3 is 0 Å². The number of rotatable bonds is 8. The Morgan fingerprint density at radius 2 is 0.663 bits per heavy atom. The van der Waals surface area contributed by atoms with Crippen LogP contribution in [0.4, 0.5) is 11.4 Å². The molecule has 0 amide bonds. The van der Waals surface area contributed by atoms with Crippen molar-refractivity contribution in [1.29, 1.82) is 10.5 Å². The second kappa shape index (κ2) is 19.3. The van der Waals surface area contributed by atoms with E-state index in [2.05, 4.69) is 193 Å². The number of para-hydroxylation sites is 4. The Hall–Kier alpha value is -12.1. The predicted molar refractivity (Wildman–Crippen MR) is 334 cm³/mol. The van der Waals surface area contributed by atoms with Gasteiger partial charge in [-0.25, -0.2) is 19.7 Å². The fourth-order valence-corrected chi connectivity index (χ4v) is 12.1. The molecule has 0 bridgehead atoms. The van der Waals surface area contributed by atoms with Gasteiger partial charge < -0.3 is 13.7 Å². The molecular formula is C74H41N9. The molecular weight excluding hydrogens is 1010 g/mol. The molecule has 0 aliphatic heterocycles. The first-order chi connectivity index (χ1) is 40.9. The summed E-state index contributed by atoms with van der Waals surface area (Å²) in [4.78, 5) is 17.8. The molecule has 0 saturated heterocycles. The van der Waals surface area contributed by atoms with Crippen molar-refractivity contribution in [2.75, 3.05) is 0 Å². The summed E-state index contributed by atoms with van der Waals surface area (Å²) < 4.78 is 7.14. The average Bonchev–Trinajstić information content (AvgIpc) is 3.62. The first-order valence-corrected chi connectivity index (χ1v) is 27.1. The van der Waals surface area contributed by atoms with Crippen LogP contribution in [0.5, 0.6) is 0 Å². The van der Waals surface area contributed by atoms with Crippen LogP contribution in [0.15, 0.2) is 249 Å². The van der Waals surface area contributed by atoms with Crippen LogP contribution in [0.1, 0.15) is 11.1 Å². The van der Waals surface area contributed by atoms with Crippen LogP contribution in [-0.4, -0.2) is 23.7 Å². The van der Waals surface area contributed by atoms with Crippen LogP contribution in [0.25, 0.3) is 148 Å². The zero-order valence-electron chi connectivity index (χ0n) is 44.2. The van der Waals surface area contributed by atoms with Gasteiger partial charge in [-0.05, 0) is 155 Å². The van der Waals surface area contributed by atoms with Gasteiger partial charge in [0.1, 0.15) is 0 Å². The Labute approximate surface area is 476 Å². The molecule has 0 radical (unpaired) electrons. The van der Waals surface area contributed by atoms with E-state index in [9.17, 15) is 10.5 Å². The number of aromatic nitrogens is 5. The molecule has 15 rings (SSSR count). The maximum absolute atomic E-state index is 9.47. The SMILES string of the molecule is [C-]#[N+]c1cc(-c2cc(-c3ccc(C#N)cc3)nc(-c3ccc(C#N)cc3)n2)cc([N+]#[C-])c1-c1ccc(-c2ccc(-n3c4ccc(-n5c6ccccc6c6ccccc65)cc4c4cc(-n5c6ccccc6c6ccccc65)ccc43)cc2)cc1. The van der Waals surface area contributed by atoms with E-state index in [1.807, 2.05) is 42.5 Å². The molecule has 0 spiro atoms. The van der Waals surface area contributed by atoms with Crippen molar-refractivity contribution in [1.82, 2.24) is 23.7 Å². The fourth-order valence-electron chi connectivity index (χ4n) is 12.1. The molecule has 0 saturated carbocycles. The van der Waals surface area contributed by atoms with Crippen LogP contribution in [0.2, 0.25) is 0 Å². The third kappa shape index (κ3) is 7.90. The minimum Gasteiger partial charge on any atom is -0.309 e. The van der Waals surface area contributed by atoms with Gasteiger partial charge in [-0.15, -0.1) is 0 Å². The minimum atomic E-state index is 0.319. The van der Waals surface area contributed by atoms with E-state index in [4.69, 9.17) is 23.1 Å². The summed E-state index contributed by atoms with van der Waals surface area (Å²) in [5, 5.41) is 26.1. The number of nitriles is 2. The van der Waals surface area contributed by atoms with E-state index in [0.29, 0.717) is 56.4 Å². The summed E-state index contributed by atoms with van der Waals surface area (Å²) in [5.41, 5.74) is 18.2. The highest BCUT2D eigenvalue weighted by Gasteiger charge is 2.21. The highest BCUT2D eigenvalue weighted by atomic mass is 15.0. The first-order valence-electron chi connectivity index (χ1n) is 27.1. The van der Waals surface area contributed by atoms with Crippen LogP contribution in [0.3, 0.4) is 0 Å². The molecule has 9 heteroatoms. The van der Waals surface area contributed by atoms with E-state index in [0.717, 1.165) is 83.2 Å².